The van der Waals surface area contributed by atoms with E-state index in [2.05, 4.69) is 46.4 Å². The van der Waals surface area contributed by atoms with Gasteiger partial charge in [0, 0.05) is 50.5 Å². The molecule has 0 spiro atoms. The Labute approximate surface area is 201 Å². The van der Waals surface area contributed by atoms with Gasteiger partial charge in [0.25, 0.3) is 0 Å². The summed E-state index contributed by atoms with van der Waals surface area (Å²) in [5.74, 6) is 0.826. The number of nitrogens with zero attached hydrogens (tertiary/aromatic N) is 5. The number of aromatic amines is 1. The van der Waals surface area contributed by atoms with Gasteiger partial charge in [-0.2, -0.15) is 0 Å². The number of pyridine rings is 2. The van der Waals surface area contributed by atoms with Crippen LogP contribution in [0.25, 0.3) is 11.0 Å². The molecule has 4 heterocycles. The van der Waals surface area contributed by atoms with Crippen LogP contribution in [0, 0.1) is 17.6 Å². The monoisotopic (exact) mass is 476 g/mol. The van der Waals surface area contributed by atoms with Crippen molar-refractivity contribution < 1.29 is 8.78 Å². The maximum Gasteiger partial charge on any atom is 0.206 e. The van der Waals surface area contributed by atoms with Gasteiger partial charge in [-0.15, -0.1) is 0 Å². The second-order valence-electron chi connectivity index (χ2n) is 9.18. The standard InChI is InChI=1S/C25H26F2N8/c26-19-5-3-17(11-20(19)27)30-24-12-21-22(14-29-24)32-25(31-21)33-23-6-4-18(13-28-23)35-9-7-34(8-10-35)15-16-1-2-16/h3-6,11-14,16H,1-2,7-10,15H2,(H,29,30)(H2,28,31,32,33). The quantitative estimate of drug-likeness (QED) is 0.358. The Balaban J connectivity index is 1.09. The van der Waals surface area contributed by atoms with Crippen molar-refractivity contribution in [1.82, 2.24) is 24.8 Å². The van der Waals surface area contributed by atoms with Crippen LogP contribution in [0.3, 0.4) is 0 Å². The molecule has 0 unspecified atom stereocenters. The highest BCUT2D eigenvalue weighted by Gasteiger charge is 2.26. The highest BCUT2D eigenvalue weighted by Crippen LogP contribution is 2.30. The summed E-state index contributed by atoms with van der Waals surface area (Å²) in [6.07, 6.45) is 6.33. The van der Waals surface area contributed by atoms with Crippen LogP contribution in [-0.2, 0) is 0 Å². The van der Waals surface area contributed by atoms with Crippen molar-refractivity contribution in [3.05, 3.63) is 60.4 Å². The van der Waals surface area contributed by atoms with Gasteiger partial charge in [0.1, 0.15) is 11.6 Å². The molecule has 6 rings (SSSR count). The fourth-order valence-corrected chi connectivity index (χ4v) is 4.38. The number of rotatable bonds is 7. The van der Waals surface area contributed by atoms with Gasteiger partial charge in [-0.3, -0.25) is 4.90 Å². The lowest BCUT2D eigenvalue weighted by Gasteiger charge is -2.36. The molecular formula is C25H26F2N8. The Morgan fingerprint density at radius 2 is 1.71 bits per heavy atom. The highest BCUT2D eigenvalue weighted by molar-refractivity contribution is 5.80. The molecule has 3 N–H and O–H groups in total. The van der Waals surface area contributed by atoms with E-state index in [0.29, 0.717) is 28.8 Å². The largest absolute Gasteiger partial charge is 0.368 e. The van der Waals surface area contributed by atoms with E-state index in [1.807, 2.05) is 12.3 Å². The summed E-state index contributed by atoms with van der Waals surface area (Å²) < 4.78 is 26.6. The summed E-state index contributed by atoms with van der Waals surface area (Å²) in [7, 11) is 0. The summed E-state index contributed by atoms with van der Waals surface area (Å²) >= 11 is 0. The molecule has 4 aromatic rings. The van der Waals surface area contributed by atoms with Crippen LogP contribution in [0.5, 0.6) is 0 Å². The summed E-state index contributed by atoms with van der Waals surface area (Å²) in [6.45, 7) is 5.52. The van der Waals surface area contributed by atoms with Crippen LogP contribution >= 0.6 is 0 Å². The Morgan fingerprint density at radius 3 is 2.46 bits per heavy atom. The van der Waals surface area contributed by atoms with E-state index in [1.54, 1.807) is 12.3 Å². The smallest absolute Gasteiger partial charge is 0.206 e. The lowest BCUT2D eigenvalue weighted by Crippen LogP contribution is -2.47. The third-order valence-electron chi connectivity index (χ3n) is 6.50. The minimum Gasteiger partial charge on any atom is -0.368 e. The molecule has 1 aromatic carbocycles. The van der Waals surface area contributed by atoms with Crippen LogP contribution in [0.1, 0.15) is 12.8 Å². The predicted molar refractivity (Wildman–Crippen MR) is 132 cm³/mol. The number of aromatic nitrogens is 4. The molecule has 0 radical (unpaired) electrons. The summed E-state index contributed by atoms with van der Waals surface area (Å²) in [5.41, 5.74) is 2.94. The lowest BCUT2D eigenvalue weighted by molar-refractivity contribution is 0.248. The van der Waals surface area contributed by atoms with Gasteiger partial charge >= 0.3 is 0 Å². The maximum atomic E-state index is 13.5. The van der Waals surface area contributed by atoms with E-state index < -0.39 is 11.6 Å². The van der Waals surface area contributed by atoms with Crippen molar-refractivity contribution in [1.29, 1.82) is 0 Å². The van der Waals surface area contributed by atoms with E-state index in [1.165, 1.54) is 25.5 Å². The molecule has 0 amide bonds. The SMILES string of the molecule is Fc1ccc(Nc2cc3nc(Nc4ccc(N5CCN(CC6CC6)CC5)cn4)[nH]c3cn2)cc1F. The fourth-order valence-electron chi connectivity index (χ4n) is 4.38. The van der Waals surface area contributed by atoms with Gasteiger partial charge in [-0.25, -0.2) is 23.7 Å². The summed E-state index contributed by atoms with van der Waals surface area (Å²) in [5, 5.41) is 6.16. The third-order valence-corrected chi connectivity index (χ3v) is 6.50. The number of hydrogen-bond donors (Lipinski definition) is 3. The molecule has 3 aromatic heterocycles. The van der Waals surface area contributed by atoms with E-state index in [0.717, 1.165) is 55.4 Å². The first-order valence-electron chi connectivity index (χ1n) is 11.9. The van der Waals surface area contributed by atoms with Gasteiger partial charge in [-0.1, -0.05) is 0 Å². The number of halogens is 2. The minimum atomic E-state index is -0.920. The van der Waals surface area contributed by atoms with Crippen LogP contribution in [0.4, 0.5) is 37.7 Å². The van der Waals surface area contributed by atoms with E-state index >= 15 is 0 Å². The maximum absolute atomic E-state index is 13.5. The normalized spacial score (nSPS) is 16.6. The molecule has 0 bridgehead atoms. The van der Waals surface area contributed by atoms with Crippen LogP contribution in [-0.4, -0.2) is 57.6 Å². The zero-order valence-electron chi connectivity index (χ0n) is 19.1. The molecule has 1 aliphatic heterocycles. The molecule has 1 saturated heterocycles. The Morgan fingerprint density at radius 1 is 0.886 bits per heavy atom. The summed E-state index contributed by atoms with van der Waals surface area (Å²) in [6, 6.07) is 9.37. The Bertz CT molecular complexity index is 1330. The molecule has 2 fully saturated rings. The highest BCUT2D eigenvalue weighted by atomic mass is 19.2. The van der Waals surface area contributed by atoms with Crippen molar-refractivity contribution in [3.63, 3.8) is 0 Å². The second kappa shape index (κ2) is 9.10. The third kappa shape index (κ3) is 5.02. The zero-order valence-corrected chi connectivity index (χ0v) is 19.1. The fraction of sp³-hybridized carbons (Fsp3) is 0.320. The number of anilines is 5. The minimum absolute atomic E-state index is 0.401. The number of H-pyrrole nitrogens is 1. The van der Waals surface area contributed by atoms with Crippen molar-refractivity contribution in [2.24, 2.45) is 5.92 Å². The van der Waals surface area contributed by atoms with Crippen LogP contribution < -0.4 is 15.5 Å². The number of benzene rings is 1. The number of imidazole rings is 1. The molecule has 1 saturated carbocycles. The van der Waals surface area contributed by atoms with Crippen molar-refractivity contribution in [2.45, 2.75) is 12.8 Å². The second-order valence-corrected chi connectivity index (χ2v) is 9.18. The molecule has 1 aliphatic carbocycles. The Kier molecular flexibility index (Phi) is 5.65. The molecule has 8 nitrogen and oxygen atoms in total. The lowest BCUT2D eigenvalue weighted by atomic mass is 10.2. The van der Waals surface area contributed by atoms with E-state index in [9.17, 15) is 8.78 Å². The van der Waals surface area contributed by atoms with Crippen molar-refractivity contribution in [2.75, 3.05) is 48.3 Å². The zero-order chi connectivity index (χ0) is 23.8. The van der Waals surface area contributed by atoms with Crippen LogP contribution in [0.2, 0.25) is 0 Å². The topological polar surface area (TPSA) is 85.0 Å². The Hall–Kier alpha value is -3.79. The molecule has 0 atom stereocenters. The number of hydrogen-bond acceptors (Lipinski definition) is 7. The van der Waals surface area contributed by atoms with Gasteiger partial charge in [-0.05, 0) is 43.0 Å². The molecule has 180 valence electrons. The first-order chi connectivity index (χ1) is 17.1. The summed E-state index contributed by atoms with van der Waals surface area (Å²) in [4.78, 5) is 21.6. The molecule has 2 aliphatic rings. The number of piperazine rings is 1. The average molecular weight is 477 g/mol. The van der Waals surface area contributed by atoms with Crippen molar-refractivity contribution in [3.8, 4) is 0 Å². The van der Waals surface area contributed by atoms with E-state index in [-0.39, 0.29) is 0 Å². The first kappa shape index (κ1) is 21.7. The van der Waals surface area contributed by atoms with E-state index in [4.69, 9.17) is 0 Å². The van der Waals surface area contributed by atoms with Gasteiger partial charge in [0.2, 0.25) is 5.95 Å². The number of fused-ring (bicyclic) bond motifs is 1. The van der Waals surface area contributed by atoms with Crippen LogP contribution in [0.15, 0.2) is 48.8 Å². The average Bonchev–Trinajstić information content (AvgIpc) is 3.59. The predicted octanol–water partition coefficient (Wildman–Crippen LogP) is 4.65. The van der Waals surface area contributed by atoms with Crippen molar-refractivity contribution >= 4 is 40.0 Å². The van der Waals surface area contributed by atoms with Gasteiger partial charge in [0.15, 0.2) is 11.6 Å². The molecule has 35 heavy (non-hydrogen) atoms. The number of nitrogens with one attached hydrogen (secondary N) is 3. The van der Waals surface area contributed by atoms with Gasteiger partial charge in [0.05, 0.1) is 29.1 Å². The molecular weight excluding hydrogens is 450 g/mol. The van der Waals surface area contributed by atoms with Gasteiger partial charge < -0.3 is 20.5 Å². The molecule has 10 heteroatoms. The first-order valence-corrected chi connectivity index (χ1v) is 11.9.